The number of rotatable bonds is 2. The minimum absolute atomic E-state index is 0.150. The monoisotopic (exact) mass is 118 g/mol. The fraction of sp³-hybridized carbons (Fsp3) is 0.600. The molecule has 0 amide bonds. The smallest absolute Gasteiger partial charge is 0.131 e. The highest BCUT2D eigenvalue weighted by Crippen LogP contribution is 2.02. The third kappa shape index (κ3) is 1.84. The van der Waals surface area contributed by atoms with Crippen LogP contribution in [0.4, 0.5) is 0 Å². The average molecular weight is 118 g/mol. The highest BCUT2D eigenvalue weighted by atomic mass is 16.3. The van der Waals surface area contributed by atoms with Gasteiger partial charge in [-0.2, -0.15) is 0 Å². The fourth-order valence-electron chi connectivity index (χ4n) is 0.221. The molecule has 0 aliphatic rings. The molecule has 1 atom stereocenters. The third-order valence-electron chi connectivity index (χ3n) is 0.911. The summed E-state index contributed by atoms with van der Waals surface area (Å²) in [6.45, 7) is 1.45. The average Bonchev–Trinajstić information content (AvgIpc) is 1.84. The molecule has 0 aliphatic carbocycles. The molecule has 1 unspecified atom stereocenters. The van der Waals surface area contributed by atoms with E-state index in [4.69, 9.17) is 15.3 Å². The van der Waals surface area contributed by atoms with E-state index in [0.717, 1.165) is 0 Å². The van der Waals surface area contributed by atoms with E-state index < -0.39 is 0 Å². The van der Waals surface area contributed by atoms with Crippen molar-refractivity contribution >= 4 is 0 Å². The first-order valence-corrected chi connectivity index (χ1v) is 2.36. The maximum Gasteiger partial charge on any atom is 0.131 e. The summed E-state index contributed by atoms with van der Waals surface area (Å²) in [5.41, 5.74) is 0. The van der Waals surface area contributed by atoms with E-state index in [9.17, 15) is 0 Å². The van der Waals surface area contributed by atoms with Crippen LogP contribution in [0.25, 0.3) is 0 Å². The van der Waals surface area contributed by atoms with Gasteiger partial charge in [0.25, 0.3) is 0 Å². The van der Waals surface area contributed by atoms with Gasteiger partial charge >= 0.3 is 0 Å². The lowest BCUT2D eigenvalue weighted by molar-refractivity contribution is 0.206. The molecule has 0 bridgehead atoms. The molecule has 0 rings (SSSR count). The van der Waals surface area contributed by atoms with Crippen LogP contribution in [0.15, 0.2) is 12.0 Å². The van der Waals surface area contributed by atoms with Gasteiger partial charge in [0.05, 0.1) is 6.61 Å². The molecule has 0 saturated heterocycles. The van der Waals surface area contributed by atoms with Crippen molar-refractivity contribution in [1.82, 2.24) is 0 Å². The van der Waals surface area contributed by atoms with Crippen LogP contribution in [-0.4, -0.2) is 21.9 Å². The highest BCUT2D eigenvalue weighted by Gasteiger charge is 2.03. The molecule has 0 radical (unpaired) electrons. The first kappa shape index (κ1) is 7.30. The van der Waals surface area contributed by atoms with Crippen molar-refractivity contribution in [3.05, 3.63) is 12.0 Å². The lowest BCUT2D eigenvalue weighted by atomic mass is 10.2. The number of hydrogen-bond acceptors (Lipinski definition) is 3. The summed E-state index contributed by atoms with van der Waals surface area (Å²) >= 11 is 0. The Bertz CT molecular complexity index is 87.7. The quantitative estimate of drug-likeness (QED) is 0.464. The van der Waals surface area contributed by atoms with Crippen molar-refractivity contribution in [3.63, 3.8) is 0 Å². The molecule has 48 valence electrons. The lowest BCUT2D eigenvalue weighted by Crippen LogP contribution is -2.03. The van der Waals surface area contributed by atoms with E-state index >= 15 is 0 Å². The number of aliphatic hydroxyl groups is 3. The summed E-state index contributed by atoms with van der Waals surface area (Å²) in [5.74, 6) is -0.549. The molecular formula is C5H10O3. The van der Waals surface area contributed by atoms with Gasteiger partial charge < -0.3 is 15.3 Å². The Balaban J connectivity index is 3.63. The van der Waals surface area contributed by atoms with Crippen molar-refractivity contribution in [2.24, 2.45) is 5.92 Å². The predicted molar refractivity (Wildman–Crippen MR) is 29.6 cm³/mol. The maximum atomic E-state index is 8.58. The van der Waals surface area contributed by atoms with Gasteiger partial charge in [-0.3, -0.25) is 0 Å². The van der Waals surface area contributed by atoms with E-state index in [1.165, 1.54) is 0 Å². The molecule has 0 fully saturated rings. The standard InChI is InChI=1S/C5H10O3/c1-4(2-6)5(8)3-7/h3-4,6-8H,2H2,1H3/b5-3-. The zero-order valence-electron chi connectivity index (χ0n) is 4.70. The van der Waals surface area contributed by atoms with Gasteiger partial charge in [-0.05, 0) is 0 Å². The zero-order valence-corrected chi connectivity index (χ0v) is 4.70. The Morgan fingerprint density at radius 3 is 2.38 bits per heavy atom. The van der Waals surface area contributed by atoms with Gasteiger partial charge in [0.2, 0.25) is 0 Å². The summed E-state index contributed by atoms with van der Waals surface area (Å²) in [4.78, 5) is 0. The number of aliphatic hydroxyl groups excluding tert-OH is 3. The summed E-state index contributed by atoms with van der Waals surface area (Å²) < 4.78 is 0. The Labute approximate surface area is 47.9 Å². The van der Waals surface area contributed by atoms with Crippen LogP contribution >= 0.6 is 0 Å². The summed E-state index contributed by atoms with van der Waals surface area (Å²) in [6.07, 6.45) is 0.584. The van der Waals surface area contributed by atoms with E-state index in [2.05, 4.69) is 0 Å². The molecule has 3 nitrogen and oxygen atoms in total. The lowest BCUT2D eigenvalue weighted by Gasteiger charge is -2.02. The van der Waals surface area contributed by atoms with Crippen LogP contribution in [0.3, 0.4) is 0 Å². The summed E-state index contributed by atoms with van der Waals surface area (Å²) in [7, 11) is 0. The molecule has 3 heteroatoms. The first-order valence-electron chi connectivity index (χ1n) is 2.36. The third-order valence-corrected chi connectivity index (χ3v) is 0.911. The van der Waals surface area contributed by atoms with Crippen LogP contribution in [0.5, 0.6) is 0 Å². The molecule has 0 spiro atoms. The van der Waals surface area contributed by atoms with E-state index in [-0.39, 0.29) is 18.3 Å². The van der Waals surface area contributed by atoms with E-state index in [1.807, 2.05) is 0 Å². The second-order valence-electron chi connectivity index (χ2n) is 1.64. The summed E-state index contributed by atoms with van der Waals surface area (Å²) in [5, 5.41) is 25.0. The Morgan fingerprint density at radius 1 is 1.75 bits per heavy atom. The highest BCUT2D eigenvalue weighted by molar-refractivity contribution is 4.88. The van der Waals surface area contributed by atoms with Gasteiger partial charge in [-0.1, -0.05) is 6.92 Å². The van der Waals surface area contributed by atoms with Crippen LogP contribution in [0.2, 0.25) is 0 Å². The van der Waals surface area contributed by atoms with Gasteiger partial charge in [-0.25, -0.2) is 0 Å². The van der Waals surface area contributed by atoms with Gasteiger partial charge in [0, 0.05) is 5.92 Å². The van der Waals surface area contributed by atoms with Gasteiger partial charge in [0.1, 0.15) is 12.0 Å². The van der Waals surface area contributed by atoms with Crippen molar-refractivity contribution in [2.45, 2.75) is 6.92 Å². The molecule has 0 aromatic heterocycles. The van der Waals surface area contributed by atoms with E-state index in [1.54, 1.807) is 6.92 Å². The second kappa shape index (κ2) is 3.32. The predicted octanol–water partition coefficient (Wildman–Crippen LogP) is 0.572. The van der Waals surface area contributed by atoms with E-state index in [0.29, 0.717) is 6.26 Å². The van der Waals surface area contributed by atoms with Crippen molar-refractivity contribution in [1.29, 1.82) is 0 Å². The fourth-order valence-corrected chi connectivity index (χ4v) is 0.221. The normalized spacial score (nSPS) is 16.0. The maximum absolute atomic E-state index is 8.58. The molecule has 0 aromatic rings. The SMILES string of the molecule is CC(CO)/C(O)=C/O. The Morgan fingerprint density at radius 2 is 2.25 bits per heavy atom. The zero-order chi connectivity index (χ0) is 6.57. The molecular weight excluding hydrogens is 108 g/mol. The molecule has 0 aromatic carbocycles. The molecule has 3 N–H and O–H groups in total. The topological polar surface area (TPSA) is 60.7 Å². The van der Waals surface area contributed by atoms with Crippen LogP contribution in [0.1, 0.15) is 6.92 Å². The Hall–Kier alpha value is -0.700. The number of hydrogen-bond donors (Lipinski definition) is 3. The summed E-state index contributed by atoms with van der Waals surface area (Å²) in [6, 6.07) is 0. The van der Waals surface area contributed by atoms with Crippen LogP contribution < -0.4 is 0 Å². The molecule has 8 heavy (non-hydrogen) atoms. The second-order valence-corrected chi connectivity index (χ2v) is 1.64. The first-order chi connectivity index (χ1) is 3.72. The molecule has 0 aliphatic heterocycles. The van der Waals surface area contributed by atoms with Gasteiger partial charge in [0.15, 0.2) is 0 Å². The minimum Gasteiger partial charge on any atom is -0.512 e. The van der Waals surface area contributed by atoms with Crippen molar-refractivity contribution in [3.8, 4) is 0 Å². The largest absolute Gasteiger partial charge is 0.512 e. The van der Waals surface area contributed by atoms with Crippen LogP contribution in [0, 0.1) is 5.92 Å². The molecule has 0 saturated carbocycles. The van der Waals surface area contributed by atoms with Gasteiger partial charge in [-0.15, -0.1) is 0 Å². The minimum atomic E-state index is -0.361. The van der Waals surface area contributed by atoms with Crippen molar-refractivity contribution in [2.75, 3.05) is 6.61 Å². The van der Waals surface area contributed by atoms with Crippen molar-refractivity contribution < 1.29 is 15.3 Å². The Kier molecular flexibility index (Phi) is 3.03. The molecule has 0 heterocycles. The van der Waals surface area contributed by atoms with Crippen LogP contribution in [-0.2, 0) is 0 Å².